The van der Waals surface area contributed by atoms with E-state index in [0.717, 1.165) is 37.7 Å². The Hall–Kier alpha value is -1.84. The number of ether oxygens (including phenoxy) is 1. The summed E-state index contributed by atoms with van der Waals surface area (Å²) in [7, 11) is 0. The van der Waals surface area contributed by atoms with Gasteiger partial charge in [-0.2, -0.15) is 0 Å². The van der Waals surface area contributed by atoms with Gasteiger partial charge in [0.25, 0.3) is 0 Å². The average molecular weight is 317 g/mol. The second-order valence-electron chi connectivity index (χ2n) is 6.11. The first-order chi connectivity index (χ1) is 11.2. The third kappa shape index (κ3) is 5.38. The van der Waals surface area contributed by atoms with Crippen LogP contribution in [0.25, 0.3) is 0 Å². The highest BCUT2D eigenvalue weighted by Gasteiger charge is 2.34. The molecule has 1 aromatic rings. The van der Waals surface area contributed by atoms with Gasteiger partial charge in [-0.1, -0.05) is 50.1 Å². The molecule has 0 saturated carbocycles. The third-order valence-corrected chi connectivity index (χ3v) is 4.31. The molecule has 4 heteroatoms. The van der Waals surface area contributed by atoms with Crippen molar-refractivity contribution in [2.75, 3.05) is 13.2 Å². The zero-order chi connectivity index (χ0) is 16.5. The van der Waals surface area contributed by atoms with Gasteiger partial charge in [-0.15, -0.1) is 0 Å². The van der Waals surface area contributed by atoms with E-state index >= 15 is 0 Å². The number of aryl methyl sites for hydroxylation is 1. The molecule has 0 bridgehead atoms. The molecule has 0 spiro atoms. The van der Waals surface area contributed by atoms with Gasteiger partial charge in [0.2, 0.25) is 5.91 Å². The first-order valence-corrected chi connectivity index (χ1v) is 8.72. The Kier molecular flexibility index (Phi) is 7.11. The summed E-state index contributed by atoms with van der Waals surface area (Å²) in [6.45, 7) is 3.25. The highest BCUT2D eigenvalue weighted by atomic mass is 16.5. The quantitative estimate of drug-likeness (QED) is 0.546. The molecule has 1 saturated heterocycles. The zero-order valence-electron chi connectivity index (χ0n) is 14.0. The molecule has 1 atom stereocenters. The third-order valence-electron chi connectivity index (χ3n) is 4.31. The highest BCUT2D eigenvalue weighted by molar-refractivity contribution is 5.85. The van der Waals surface area contributed by atoms with Crippen molar-refractivity contribution in [1.29, 1.82) is 0 Å². The molecule has 1 heterocycles. The van der Waals surface area contributed by atoms with Gasteiger partial charge in [0.1, 0.15) is 6.04 Å². The molecule has 1 aromatic carbocycles. The van der Waals surface area contributed by atoms with Crippen LogP contribution in [0.15, 0.2) is 30.3 Å². The summed E-state index contributed by atoms with van der Waals surface area (Å²) in [5.74, 6) is -0.173. The lowest BCUT2D eigenvalue weighted by Gasteiger charge is -2.23. The highest BCUT2D eigenvalue weighted by Crippen LogP contribution is 2.20. The van der Waals surface area contributed by atoms with Crippen LogP contribution in [0.3, 0.4) is 0 Å². The molecule has 1 aliphatic rings. The SMILES string of the molecule is CCCCCOC(=O)C1CCCN1C(=O)CCc1ccccc1. The normalized spacial score (nSPS) is 17.3. The van der Waals surface area contributed by atoms with Gasteiger partial charge < -0.3 is 9.64 Å². The maximum atomic E-state index is 12.4. The molecule has 4 nitrogen and oxygen atoms in total. The fourth-order valence-corrected chi connectivity index (χ4v) is 2.97. The van der Waals surface area contributed by atoms with E-state index in [0.29, 0.717) is 26.0 Å². The van der Waals surface area contributed by atoms with E-state index < -0.39 is 0 Å². The van der Waals surface area contributed by atoms with Crippen molar-refractivity contribution in [3.05, 3.63) is 35.9 Å². The number of unbranched alkanes of at least 4 members (excludes halogenated alkanes) is 2. The molecule has 1 fully saturated rings. The summed E-state index contributed by atoms with van der Waals surface area (Å²) < 4.78 is 5.34. The number of nitrogens with zero attached hydrogens (tertiary/aromatic N) is 1. The Morgan fingerprint density at radius 1 is 1.22 bits per heavy atom. The van der Waals surface area contributed by atoms with Crippen molar-refractivity contribution >= 4 is 11.9 Å². The molecule has 0 N–H and O–H groups in total. The van der Waals surface area contributed by atoms with Crippen LogP contribution in [0.2, 0.25) is 0 Å². The van der Waals surface area contributed by atoms with Gasteiger partial charge in [-0.3, -0.25) is 4.79 Å². The summed E-state index contributed by atoms with van der Waals surface area (Å²) >= 11 is 0. The smallest absolute Gasteiger partial charge is 0.328 e. The van der Waals surface area contributed by atoms with E-state index in [4.69, 9.17) is 4.74 Å². The lowest BCUT2D eigenvalue weighted by Crippen LogP contribution is -2.41. The second-order valence-corrected chi connectivity index (χ2v) is 6.11. The van der Waals surface area contributed by atoms with Gasteiger partial charge >= 0.3 is 5.97 Å². The Labute approximate surface area is 138 Å². The minimum Gasteiger partial charge on any atom is -0.464 e. The molecule has 2 rings (SSSR count). The van der Waals surface area contributed by atoms with E-state index in [-0.39, 0.29) is 17.9 Å². The van der Waals surface area contributed by atoms with Crippen LogP contribution >= 0.6 is 0 Å². The molecular formula is C19H27NO3. The monoisotopic (exact) mass is 317 g/mol. The Morgan fingerprint density at radius 3 is 2.74 bits per heavy atom. The largest absolute Gasteiger partial charge is 0.464 e. The van der Waals surface area contributed by atoms with Crippen LogP contribution < -0.4 is 0 Å². The van der Waals surface area contributed by atoms with Gasteiger partial charge in [0, 0.05) is 13.0 Å². The predicted octanol–water partition coefficient (Wildman–Crippen LogP) is 3.34. The van der Waals surface area contributed by atoms with Crippen LogP contribution in [0, 0.1) is 0 Å². The zero-order valence-corrected chi connectivity index (χ0v) is 14.0. The Bertz CT molecular complexity index is 501. The number of hydrogen-bond donors (Lipinski definition) is 0. The van der Waals surface area contributed by atoms with E-state index in [2.05, 4.69) is 6.92 Å². The number of carbonyl (C=O) groups is 2. The van der Waals surface area contributed by atoms with E-state index in [1.807, 2.05) is 30.3 Å². The maximum absolute atomic E-state index is 12.4. The Balaban J connectivity index is 1.80. The predicted molar refractivity (Wildman–Crippen MR) is 90.0 cm³/mol. The molecule has 1 unspecified atom stereocenters. The van der Waals surface area contributed by atoms with Crippen molar-refractivity contribution in [3.63, 3.8) is 0 Å². The number of hydrogen-bond acceptors (Lipinski definition) is 3. The summed E-state index contributed by atoms with van der Waals surface area (Å²) in [5.41, 5.74) is 1.15. The van der Waals surface area contributed by atoms with Crippen molar-refractivity contribution in [3.8, 4) is 0 Å². The van der Waals surface area contributed by atoms with Crippen LogP contribution in [0.5, 0.6) is 0 Å². The van der Waals surface area contributed by atoms with Crippen molar-refractivity contribution in [2.45, 2.75) is 57.9 Å². The van der Waals surface area contributed by atoms with E-state index in [9.17, 15) is 9.59 Å². The molecule has 0 aromatic heterocycles. The van der Waals surface area contributed by atoms with Crippen LogP contribution in [-0.2, 0) is 20.7 Å². The molecule has 1 amide bonds. The topological polar surface area (TPSA) is 46.6 Å². The molecule has 0 aliphatic carbocycles. The summed E-state index contributed by atoms with van der Waals surface area (Å²) in [6, 6.07) is 9.60. The van der Waals surface area contributed by atoms with Crippen molar-refractivity contribution in [2.24, 2.45) is 0 Å². The fourth-order valence-electron chi connectivity index (χ4n) is 2.97. The molecule has 0 radical (unpaired) electrons. The molecular weight excluding hydrogens is 290 g/mol. The average Bonchev–Trinajstić information content (AvgIpc) is 3.07. The number of benzene rings is 1. The second kappa shape index (κ2) is 9.33. The minimum absolute atomic E-state index is 0.0573. The van der Waals surface area contributed by atoms with Crippen LogP contribution in [-0.4, -0.2) is 36.0 Å². The van der Waals surface area contributed by atoms with E-state index in [1.54, 1.807) is 4.90 Å². The van der Waals surface area contributed by atoms with Crippen LogP contribution in [0.4, 0.5) is 0 Å². The summed E-state index contributed by atoms with van der Waals surface area (Å²) in [6.07, 6.45) is 5.84. The molecule has 126 valence electrons. The van der Waals surface area contributed by atoms with Gasteiger partial charge in [0.15, 0.2) is 0 Å². The number of likely N-dealkylation sites (tertiary alicyclic amines) is 1. The Morgan fingerprint density at radius 2 is 2.00 bits per heavy atom. The van der Waals surface area contributed by atoms with Gasteiger partial charge in [-0.25, -0.2) is 4.79 Å². The van der Waals surface area contributed by atoms with Crippen molar-refractivity contribution in [1.82, 2.24) is 4.90 Å². The number of rotatable bonds is 8. The molecule has 1 aliphatic heterocycles. The lowest BCUT2D eigenvalue weighted by atomic mass is 10.1. The minimum atomic E-state index is -0.375. The first-order valence-electron chi connectivity index (χ1n) is 8.72. The van der Waals surface area contributed by atoms with Gasteiger partial charge in [-0.05, 0) is 31.2 Å². The standard InChI is InChI=1S/C19H27NO3/c1-2-3-7-15-23-19(22)17-11-8-14-20(17)18(21)13-12-16-9-5-4-6-10-16/h4-6,9-10,17H,2-3,7-8,11-15H2,1H3. The maximum Gasteiger partial charge on any atom is 0.328 e. The summed E-state index contributed by atoms with van der Waals surface area (Å²) in [5, 5.41) is 0. The number of esters is 1. The fraction of sp³-hybridized carbons (Fsp3) is 0.579. The van der Waals surface area contributed by atoms with Crippen molar-refractivity contribution < 1.29 is 14.3 Å². The number of amides is 1. The van der Waals surface area contributed by atoms with Crippen LogP contribution in [0.1, 0.15) is 51.0 Å². The lowest BCUT2D eigenvalue weighted by molar-refractivity contribution is -0.153. The number of carbonyl (C=O) groups excluding carboxylic acids is 2. The first kappa shape index (κ1) is 17.5. The van der Waals surface area contributed by atoms with E-state index in [1.165, 1.54) is 0 Å². The molecule has 23 heavy (non-hydrogen) atoms. The summed E-state index contributed by atoms with van der Waals surface area (Å²) in [4.78, 5) is 26.3. The van der Waals surface area contributed by atoms with Gasteiger partial charge in [0.05, 0.1) is 6.61 Å².